The zero-order valence-electron chi connectivity index (χ0n) is 14.5. The van der Waals surface area contributed by atoms with Gasteiger partial charge in [-0.05, 0) is 52.6 Å². The molecule has 5 heteroatoms. The van der Waals surface area contributed by atoms with Crippen LogP contribution in [0.1, 0.15) is 17.2 Å². The van der Waals surface area contributed by atoms with Crippen molar-refractivity contribution < 1.29 is 9.66 Å². The first-order valence-corrected chi connectivity index (χ1v) is 8.34. The lowest BCUT2D eigenvalue weighted by molar-refractivity contribution is -0.384. The molecule has 0 amide bonds. The monoisotopic (exact) mass is 346 g/mol. The van der Waals surface area contributed by atoms with E-state index < -0.39 is 0 Å². The number of anilines is 1. The van der Waals surface area contributed by atoms with Crippen LogP contribution < -0.4 is 9.64 Å². The van der Waals surface area contributed by atoms with Crippen LogP contribution in [0.4, 0.5) is 11.4 Å². The Morgan fingerprint density at radius 3 is 2.35 bits per heavy atom. The van der Waals surface area contributed by atoms with Gasteiger partial charge in [0.05, 0.1) is 18.1 Å². The van der Waals surface area contributed by atoms with E-state index in [2.05, 4.69) is 17.0 Å². The third-order valence-electron chi connectivity index (χ3n) is 4.95. The van der Waals surface area contributed by atoms with Crippen LogP contribution in [0.15, 0.2) is 66.7 Å². The van der Waals surface area contributed by atoms with E-state index in [1.165, 1.54) is 0 Å². The summed E-state index contributed by atoms with van der Waals surface area (Å²) in [4.78, 5) is 13.1. The number of rotatable bonds is 4. The van der Waals surface area contributed by atoms with E-state index in [0.717, 1.165) is 33.7 Å². The van der Waals surface area contributed by atoms with E-state index in [9.17, 15) is 10.1 Å². The van der Waals surface area contributed by atoms with Crippen LogP contribution in [-0.4, -0.2) is 19.1 Å². The second-order valence-electron chi connectivity index (χ2n) is 6.33. The molecule has 4 rings (SSSR count). The maximum Gasteiger partial charge on any atom is 0.269 e. The van der Waals surface area contributed by atoms with E-state index in [4.69, 9.17) is 4.74 Å². The highest BCUT2D eigenvalue weighted by Crippen LogP contribution is 2.48. The minimum absolute atomic E-state index is 0.0745. The number of hydrogen-bond acceptors (Lipinski definition) is 4. The highest BCUT2D eigenvalue weighted by Gasteiger charge is 2.33. The van der Waals surface area contributed by atoms with Crippen molar-refractivity contribution in [1.82, 2.24) is 0 Å². The van der Waals surface area contributed by atoms with E-state index in [0.29, 0.717) is 0 Å². The number of hydrogen-bond donors (Lipinski definition) is 0. The first-order chi connectivity index (χ1) is 12.6. The Bertz CT molecular complexity index is 983. The Hall–Kier alpha value is -3.34. The Morgan fingerprint density at radius 1 is 0.962 bits per heavy atom. The highest BCUT2D eigenvalue weighted by molar-refractivity contribution is 5.81. The van der Waals surface area contributed by atoms with E-state index in [1.54, 1.807) is 19.2 Å². The molecule has 0 N–H and O–H groups in total. The molecule has 0 saturated heterocycles. The van der Waals surface area contributed by atoms with Crippen LogP contribution >= 0.6 is 0 Å². The first kappa shape index (κ1) is 16.1. The number of fused-ring (bicyclic) bond motifs is 3. The van der Waals surface area contributed by atoms with Crippen molar-refractivity contribution in [2.75, 3.05) is 19.1 Å². The zero-order chi connectivity index (χ0) is 18.3. The summed E-state index contributed by atoms with van der Waals surface area (Å²) in [6, 6.07) is 21.0. The fraction of sp³-hybridized carbons (Fsp3) is 0.143. The third kappa shape index (κ3) is 2.49. The summed E-state index contributed by atoms with van der Waals surface area (Å²) in [5, 5.41) is 11.3. The quantitative estimate of drug-likeness (QED) is 0.502. The molecule has 0 heterocycles. The molecule has 26 heavy (non-hydrogen) atoms. The lowest BCUT2D eigenvalue weighted by Gasteiger charge is -2.28. The van der Waals surface area contributed by atoms with E-state index in [-0.39, 0.29) is 16.7 Å². The van der Waals surface area contributed by atoms with Gasteiger partial charge in [0.25, 0.3) is 5.69 Å². The van der Waals surface area contributed by atoms with Crippen molar-refractivity contribution in [2.24, 2.45) is 0 Å². The van der Waals surface area contributed by atoms with Gasteiger partial charge in [0.1, 0.15) is 5.75 Å². The fourth-order valence-electron chi connectivity index (χ4n) is 3.67. The van der Waals surface area contributed by atoms with E-state index >= 15 is 0 Å². The van der Waals surface area contributed by atoms with Crippen LogP contribution in [0.2, 0.25) is 0 Å². The maximum atomic E-state index is 11.3. The molecule has 0 spiro atoms. The molecule has 0 aliphatic heterocycles. The number of nitro groups is 1. The summed E-state index contributed by atoms with van der Waals surface area (Å²) >= 11 is 0. The Kier molecular flexibility index (Phi) is 3.84. The van der Waals surface area contributed by atoms with Gasteiger partial charge in [0, 0.05) is 24.9 Å². The Labute approximate surface area is 151 Å². The lowest BCUT2D eigenvalue weighted by atomic mass is 10.0. The minimum atomic E-state index is -0.340. The number of non-ortho nitro benzene ring substituents is 1. The number of nitrogens with zero attached hydrogens (tertiary/aromatic N) is 2. The summed E-state index contributed by atoms with van der Waals surface area (Å²) in [6.45, 7) is 0. The van der Waals surface area contributed by atoms with Crippen molar-refractivity contribution >= 4 is 11.4 Å². The van der Waals surface area contributed by atoms with Crippen molar-refractivity contribution in [1.29, 1.82) is 0 Å². The predicted octanol–water partition coefficient (Wildman–Crippen LogP) is 4.81. The van der Waals surface area contributed by atoms with Gasteiger partial charge in [-0.15, -0.1) is 0 Å². The Balaban J connectivity index is 1.84. The molecule has 1 unspecified atom stereocenters. The maximum absolute atomic E-state index is 11.3. The highest BCUT2D eigenvalue weighted by atomic mass is 16.6. The molecule has 0 saturated carbocycles. The first-order valence-electron chi connectivity index (χ1n) is 8.34. The number of benzene rings is 3. The SMILES string of the molecule is COc1ccc(N(C)C2c3ccccc3-c3ccc([N+](=O)[O-])cc32)cc1. The van der Waals surface area contributed by atoms with Crippen LogP contribution in [0.5, 0.6) is 5.75 Å². The molecule has 0 radical (unpaired) electrons. The predicted molar refractivity (Wildman–Crippen MR) is 102 cm³/mol. The average Bonchev–Trinajstić information content (AvgIpc) is 3.01. The lowest BCUT2D eigenvalue weighted by Crippen LogP contribution is -2.23. The summed E-state index contributed by atoms with van der Waals surface area (Å²) < 4.78 is 5.24. The molecule has 0 bridgehead atoms. The van der Waals surface area contributed by atoms with Crippen molar-refractivity contribution in [2.45, 2.75) is 6.04 Å². The number of nitro benzene ring substituents is 1. The second-order valence-corrected chi connectivity index (χ2v) is 6.33. The fourth-order valence-corrected chi connectivity index (χ4v) is 3.67. The van der Waals surface area contributed by atoms with Gasteiger partial charge in [-0.3, -0.25) is 10.1 Å². The van der Waals surface area contributed by atoms with Crippen LogP contribution in [0, 0.1) is 10.1 Å². The summed E-state index contributed by atoms with van der Waals surface area (Å²) in [6.07, 6.45) is 0. The molecule has 5 nitrogen and oxygen atoms in total. The van der Waals surface area contributed by atoms with Gasteiger partial charge >= 0.3 is 0 Å². The summed E-state index contributed by atoms with van der Waals surface area (Å²) in [7, 11) is 3.65. The summed E-state index contributed by atoms with van der Waals surface area (Å²) in [5.41, 5.74) is 5.43. The molecule has 1 atom stereocenters. The molecule has 0 fully saturated rings. The molecule has 3 aromatic rings. The molecule has 1 aliphatic rings. The van der Waals surface area contributed by atoms with Crippen LogP contribution in [0.25, 0.3) is 11.1 Å². The van der Waals surface area contributed by atoms with Crippen molar-refractivity contribution in [3.05, 3.63) is 88.0 Å². The van der Waals surface area contributed by atoms with E-state index in [1.807, 2.05) is 49.5 Å². The number of ether oxygens (including phenoxy) is 1. The zero-order valence-corrected chi connectivity index (χ0v) is 14.5. The largest absolute Gasteiger partial charge is 0.497 e. The molecule has 1 aliphatic carbocycles. The van der Waals surface area contributed by atoms with Gasteiger partial charge in [-0.2, -0.15) is 0 Å². The third-order valence-corrected chi connectivity index (χ3v) is 4.95. The van der Waals surface area contributed by atoms with Crippen LogP contribution in [0.3, 0.4) is 0 Å². The molecular formula is C21H18N2O3. The van der Waals surface area contributed by atoms with Crippen molar-refractivity contribution in [3.8, 4) is 16.9 Å². The molecular weight excluding hydrogens is 328 g/mol. The van der Waals surface area contributed by atoms with Gasteiger partial charge in [0.15, 0.2) is 0 Å². The summed E-state index contributed by atoms with van der Waals surface area (Å²) in [5.74, 6) is 0.796. The smallest absolute Gasteiger partial charge is 0.269 e. The number of methoxy groups -OCH3 is 1. The van der Waals surface area contributed by atoms with Crippen LogP contribution in [-0.2, 0) is 0 Å². The van der Waals surface area contributed by atoms with Gasteiger partial charge in [-0.25, -0.2) is 0 Å². The molecule has 130 valence electrons. The topological polar surface area (TPSA) is 55.6 Å². The van der Waals surface area contributed by atoms with Crippen molar-refractivity contribution in [3.63, 3.8) is 0 Å². The standard InChI is InChI=1S/C21H18N2O3/c1-22(14-7-10-16(26-2)11-8-14)21-19-6-4-3-5-17(19)18-12-9-15(23(24)25)13-20(18)21/h3-13,21H,1-2H3. The minimum Gasteiger partial charge on any atom is -0.497 e. The normalized spacial score (nSPS) is 14.5. The Morgan fingerprint density at radius 2 is 1.65 bits per heavy atom. The molecule has 3 aromatic carbocycles. The second kappa shape index (κ2) is 6.19. The molecule has 0 aromatic heterocycles. The van der Waals surface area contributed by atoms with Gasteiger partial charge < -0.3 is 9.64 Å². The van der Waals surface area contributed by atoms with Gasteiger partial charge in [0.2, 0.25) is 0 Å². The van der Waals surface area contributed by atoms with Gasteiger partial charge in [-0.1, -0.05) is 24.3 Å². The average molecular weight is 346 g/mol.